The Morgan fingerprint density at radius 2 is 1.62 bits per heavy atom. The van der Waals surface area contributed by atoms with Gasteiger partial charge in [-0.2, -0.15) is 0 Å². The Morgan fingerprint density at radius 3 is 2.48 bits per heavy atom. The number of hydrogen-bond acceptors (Lipinski definition) is 4. The number of benzene rings is 2. The summed E-state index contributed by atoms with van der Waals surface area (Å²) in [6, 6.07) is 20.9. The molecule has 140 valence electrons. The molecule has 0 bridgehead atoms. The van der Waals surface area contributed by atoms with Crippen molar-refractivity contribution in [2.75, 3.05) is 0 Å². The lowest BCUT2D eigenvalue weighted by Crippen LogP contribution is -1.95. The van der Waals surface area contributed by atoms with E-state index >= 15 is 0 Å². The summed E-state index contributed by atoms with van der Waals surface area (Å²) in [5.41, 5.74) is 2.98. The predicted molar refractivity (Wildman–Crippen MR) is 117 cm³/mol. The van der Waals surface area contributed by atoms with E-state index in [9.17, 15) is 0 Å². The fraction of sp³-hybridized carbons (Fsp3) is 0. The quantitative estimate of drug-likeness (QED) is 0.318. The number of hydrogen-bond donors (Lipinski definition) is 0. The van der Waals surface area contributed by atoms with E-state index in [-0.39, 0.29) is 0 Å². The Labute approximate surface area is 176 Å². The Bertz CT molecular complexity index is 1360. The number of nitrogens with zero attached hydrogens (tertiary/aromatic N) is 3. The lowest BCUT2D eigenvalue weighted by Gasteiger charge is -2.14. The smallest absolute Gasteiger partial charge is 0.160 e. The highest BCUT2D eigenvalue weighted by Gasteiger charge is 2.16. The van der Waals surface area contributed by atoms with Gasteiger partial charge in [0, 0.05) is 23.3 Å². The molecule has 0 saturated heterocycles. The molecular weight excluding hydrogens is 405 g/mol. The molecule has 0 radical (unpaired) electrons. The van der Waals surface area contributed by atoms with E-state index in [4.69, 9.17) is 32.9 Å². The first kappa shape index (κ1) is 17.9. The summed E-state index contributed by atoms with van der Waals surface area (Å²) >= 11 is 12.7. The lowest BCUT2D eigenvalue weighted by molar-refractivity contribution is 0.488. The molecule has 0 aliphatic carbocycles. The van der Waals surface area contributed by atoms with Gasteiger partial charge in [0.05, 0.1) is 20.9 Å². The van der Waals surface area contributed by atoms with Crippen molar-refractivity contribution in [3.63, 3.8) is 0 Å². The minimum Gasteiger partial charge on any atom is -0.454 e. The minimum atomic E-state index is 0.406. The van der Waals surface area contributed by atoms with E-state index in [0.29, 0.717) is 43.8 Å². The summed E-state index contributed by atoms with van der Waals surface area (Å²) in [4.78, 5) is 13.5. The number of rotatable bonds is 3. The van der Waals surface area contributed by atoms with Crippen molar-refractivity contribution in [1.82, 2.24) is 15.0 Å². The number of ether oxygens (including phenoxy) is 1. The summed E-state index contributed by atoms with van der Waals surface area (Å²) in [6.07, 6.45) is 3.41. The van der Waals surface area contributed by atoms with Crippen LogP contribution >= 0.6 is 23.2 Å². The van der Waals surface area contributed by atoms with E-state index < -0.39 is 0 Å². The van der Waals surface area contributed by atoms with E-state index in [1.54, 1.807) is 24.5 Å². The van der Waals surface area contributed by atoms with Crippen molar-refractivity contribution in [2.24, 2.45) is 0 Å². The molecule has 0 aliphatic heterocycles. The van der Waals surface area contributed by atoms with Crippen LogP contribution in [0.25, 0.3) is 33.2 Å². The third-order valence-corrected chi connectivity index (χ3v) is 5.38. The number of fused-ring (bicyclic) bond motifs is 2. The van der Waals surface area contributed by atoms with Crippen molar-refractivity contribution in [1.29, 1.82) is 0 Å². The Hall–Kier alpha value is -3.21. The zero-order chi connectivity index (χ0) is 19.8. The number of pyridine rings is 3. The first-order valence-corrected chi connectivity index (χ1v) is 9.68. The summed E-state index contributed by atoms with van der Waals surface area (Å²) in [5, 5.41) is 2.39. The second-order valence-electron chi connectivity index (χ2n) is 6.42. The highest BCUT2D eigenvalue weighted by molar-refractivity contribution is 6.45. The average molecular weight is 418 g/mol. The van der Waals surface area contributed by atoms with Gasteiger partial charge in [0.25, 0.3) is 0 Å². The van der Waals surface area contributed by atoms with Crippen LogP contribution in [0.2, 0.25) is 10.0 Å². The van der Waals surface area contributed by atoms with Crippen LogP contribution in [0.1, 0.15) is 0 Å². The average Bonchev–Trinajstić information content (AvgIpc) is 2.76. The van der Waals surface area contributed by atoms with Crippen LogP contribution in [0, 0.1) is 0 Å². The molecule has 6 heteroatoms. The van der Waals surface area contributed by atoms with Gasteiger partial charge in [0.2, 0.25) is 0 Å². The third-order valence-electron chi connectivity index (χ3n) is 4.58. The molecule has 3 aromatic heterocycles. The van der Waals surface area contributed by atoms with Gasteiger partial charge in [-0.05, 0) is 36.4 Å². The van der Waals surface area contributed by atoms with Crippen LogP contribution < -0.4 is 4.74 Å². The van der Waals surface area contributed by atoms with Crippen LogP contribution in [0.5, 0.6) is 11.5 Å². The SMILES string of the molecule is Clc1ccc2nccc(Oc3cc4cccnc4nc3-c3ccccc3)c2c1Cl. The number of aromatic nitrogens is 3. The molecule has 0 fully saturated rings. The van der Waals surface area contributed by atoms with Crippen LogP contribution in [0.4, 0.5) is 0 Å². The molecule has 0 unspecified atom stereocenters. The highest BCUT2D eigenvalue weighted by Crippen LogP contribution is 2.40. The summed E-state index contributed by atoms with van der Waals surface area (Å²) in [6.45, 7) is 0. The van der Waals surface area contributed by atoms with Gasteiger partial charge in [-0.15, -0.1) is 0 Å². The molecule has 2 aromatic carbocycles. The molecular formula is C23H13Cl2N3O. The maximum absolute atomic E-state index is 6.47. The fourth-order valence-electron chi connectivity index (χ4n) is 3.22. The van der Waals surface area contributed by atoms with Crippen molar-refractivity contribution in [2.45, 2.75) is 0 Å². The maximum Gasteiger partial charge on any atom is 0.160 e. The van der Waals surface area contributed by atoms with Gasteiger partial charge in [0.15, 0.2) is 11.4 Å². The fourth-order valence-corrected chi connectivity index (χ4v) is 3.63. The number of halogens is 2. The Morgan fingerprint density at radius 1 is 0.759 bits per heavy atom. The molecule has 0 aliphatic rings. The van der Waals surface area contributed by atoms with Gasteiger partial charge >= 0.3 is 0 Å². The lowest BCUT2D eigenvalue weighted by atomic mass is 10.1. The molecule has 0 amide bonds. The van der Waals surface area contributed by atoms with Gasteiger partial charge in [-0.3, -0.25) is 4.98 Å². The second-order valence-corrected chi connectivity index (χ2v) is 7.20. The monoisotopic (exact) mass is 417 g/mol. The molecule has 29 heavy (non-hydrogen) atoms. The van der Waals surface area contributed by atoms with Gasteiger partial charge in [-0.1, -0.05) is 53.5 Å². The second kappa shape index (κ2) is 7.32. The molecule has 5 aromatic rings. The van der Waals surface area contributed by atoms with Gasteiger partial charge in [0.1, 0.15) is 11.4 Å². The summed E-state index contributed by atoms with van der Waals surface area (Å²) < 4.78 is 6.35. The van der Waals surface area contributed by atoms with E-state index in [0.717, 1.165) is 10.9 Å². The molecule has 5 rings (SSSR count). The highest BCUT2D eigenvalue weighted by atomic mass is 35.5. The first-order chi connectivity index (χ1) is 14.2. The largest absolute Gasteiger partial charge is 0.454 e. The molecule has 0 saturated carbocycles. The normalized spacial score (nSPS) is 11.1. The molecule has 0 N–H and O–H groups in total. The minimum absolute atomic E-state index is 0.406. The van der Waals surface area contributed by atoms with Crippen LogP contribution in [0.15, 0.2) is 79.1 Å². The first-order valence-electron chi connectivity index (χ1n) is 8.92. The zero-order valence-electron chi connectivity index (χ0n) is 15.0. The third kappa shape index (κ3) is 3.27. The van der Waals surface area contributed by atoms with Gasteiger partial charge in [-0.25, -0.2) is 9.97 Å². The van der Waals surface area contributed by atoms with E-state index in [1.165, 1.54) is 0 Å². The van der Waals surface area contributed by atoms with Crippen LogP contribution in [0.3, 0.4) is 0 Å². The molecule has 0 atom stereocenters. The Balaban J connectivity index is 1.74. The van der Waals surface area contributed by atoms with Crippen LogP contribution in [-0.2, 0) is 0 Å². The maximum atomic E-state index is 6.47. The Kier molecular flexibility index (Phi) is 4.51. The summed E-state index contributed by atoms with van der Waals surface area (Å²) in [5.74, 6) is 1.16. The van der Waals surface area contributed by atoms with E-state index in [1.807, 2.05) is 54.6 Å². The van der Waals surface area contributed by atoms with E-state index in [2.05, 4.69) is 9.97 Å². The van der Waals surface area contributed by atoms with Crippen molar-refractivity contribution in [3.05, 3.63) is 89.2 Å². The van der Waals surface area contributed by atoms with Crippen molar-refractivity contribution >= 4 is 45.1 Å². The van der Waals surface area contributed by atoms with Gasteiger partial charge < -0.3 is 4.74 Å². The topological polar surface area (TPSA) is 47.9 Å². The predicted octanol–water partition coefficient (Wildman–Crippen LogP) is 6.94. The van der Waals surface area contributed by atoms with Crippen molar-refractivity contribution < 1.29 is 4.74 Å². The molecule has 3 heterocycles. The zero-order valence-corrected chi connectivity index (χ0v) is 16.5. The van der Waals surface area contributed by atoms with Crippen LogP contribution in [-0.4, -0.2) is 15.0 Å². The summed E-state index contributed by atoms with van der Waals surface area (Å²) in [7, 11) is 0. The molecule has 4 nitrogen and oxygen atoms in total. The molecule has 0 spiro atoms. The van der Waals surface area contributed by atoms with Crippen molar-refractivity contribution in [3.8, 4) is 22.8 Å². The standard InChI is InChI=1S/C23H13Cl2N3O/c24-16-8-9-17-20(21(16)25)18(10-12-26-17)29-19-13-15-7-4-11-27-23(15)28-22(19)14-5-2-1-3-6-14/h1-13H.